The molecule has 0 aliphatic heterocycles. The van der Waals surface area contributed by atoms with Gasteiger partial charge in [-0.25, -0.2) is 0 Å². The van der Waals surface area contributed by atoms with Crippen LogP contribution in [0, 0.1) is 0 Å². The average Bonchev–Trinajstić information content (AvgIpc) is 2.37. The van der Waals surface area contributed by atoms with Crippen LogP contribution in [0.2, 0.25) is 0 Å². The molecule has 100 valence electrons. The van der Waals surface area contributed by atoms with Gasteiger partial charge in [-0.05, 0) is 12.5 Å². The van der Waals surface area contributed by atoms with Crippen molar-refractivity contribution >= 4 is 5.78 Å². The van der Waals surface area contributed by atoms with Crippen LogP contribution in [0.25, 0.3) is 0 Å². The fraction of sp³-hybridized carbons (Fsp3) is 0.417. The molecule has 1 atom stereocenters. The number of benzene rings is 1. The maximum Gasteiger partial charge on any atom is 0.200 e. The average molecular weight is 254 g/mol. The van der Waals surface area contributed by atoms with Gasteiger partial charge in [-0.15, -0.1) is 0 Å². The number of hydrogen-bond donors (Lipinski definition) is 5. The molecule has 0 spiro atoms. The zero-order chi connectivity index (χ0) is 13.7. The van der Waals surface area contributed by atoms with Gasteiger partial charge in [0.25, 0.3) is 0 Å². The Kier molecular flexibility index (Phi) is 4.94. The predicted octanol–water partition coefficient (Wildman–Crippen LogP) is 0.199. The van der Waals surface area contributed by atoms with E-state index in [2.05, 4.69) is 5.32 Å². The summed E-state index contributed by atoms with van der Waals surface area (Å²) in [4.78, 5) is 11.4. The molecule has 0 saturated heterocycles. The number of phenolic OH excluding ortho intramolecular Hbond substituents is 3. The molecule has 0 saturated carbocycles. The topological polar surface area (TPSA) is 116 Å². The van der Waals surface area contributed by atoms with E-state index in [0.29, 0.717) is 12.0 Å². The van der Waals surface area contributed by atoms with Gasteiger partial charge in [0, 0.05) is 12.1 Å². The number of carbonyl (C=O) groups is 1. The minimum atomic E-state index is -0.564. The number of ketones is 1. The van der Waals surface area contributed by atoms with Gasteiger partial charge in [-0.3, -0.25) is 4.79 Å². The Labute approximate surface area is 105 Å². The Morgan fingerprint density at radius 1 is 1.33 bits per heavy atom. The Hall–Kier alpha value is -1.79. The van der Waals surface area contributed by atoms with E-state index < -0.39 is 17.5 Å². The van der Waals surface area contributed by atoms with Crippen LogP contribution in [0.15, 0.2) is 12.1 Å². The van der Waals surface area contributed by atoms with Crippen molar-refractivity contribution in [2.75, 3.05) is 6.54 Å². The lowest BCUT2D eigenvalue weighted by Crippen LogP contribution is -2.36. The molecule has 6 N–H and O–H groups in total. The summed E-state index contributed by atoms with van der Waals surface area (Å²) in [6, 6.07) is 2.24. The number of aromatic hydroxyl groups is 3. The van der Waals surface area contributed by atoms with Gasteiger partial charge in [0.15, 0.2) is 17.3 Å². The Balaban J connectivity index is 2.55. The third-order valence-electron chi connectivity index (χ3n) is 2.68. The van der Waals surface area contributed by atoms with E-state index >= 15 is 0 Å². The van der Waals surface area contributed by atoms with E-state index in [9.17, 15) is 15.0 Å². The molecule has 0 heterocycles. The van der Waals surface area contributed by atoms with Gasteiger partial charge in [-0.1, -0.05) is 13.0 Å². The molecule has 0 radical (unpaired) electrons. The molecule has 1 rings (SSSR count). The Morgan fingerprint density at radius 3 is 2.61 bits per heavy atom. The van der Waals surface area contributed by atoms with E-state index in [-0.39, 0.29) is 24.6 Å². The maximum absolute atomic E-state index is 11.4. The van der Waals surface area contributed by atoms with E-state index in [1.165, 1.54) is 12.1 Å². The van der Waals surface area contributed by atoms with Crippen molar-refractivity contribution in [3.05, 3.63) is 17.7 Å². The quantitative estimate of drug-likeness (QED) is 0.463. The first-order chi connectivity index (χ1) is 8.47. The molecule has 18 heavy (non-hydrogen) atoms. The summed E-state index contributed by atoms with van der Waals surface area (Å²) in [6.07, 6.45) is 0.575. The Bertz CT molecular complexity index is 434. The summed E-state index contributed by atoms with van der Waals surface area (Å²) in [6.45, 7) is 2.12. The zero-order valence-electron chi connectivity index (χ0n) is 10.2. The standard InChI is InChI=1S/C12H18N2O4/c1-2-8(13)10(16)6-14-5-7-3-4-9(15)12(18)11(7)17/h3-4,8,14-15,17-18H,2,5-6,13H2,1H3. The summed E-state index contributed by atoms with van der Waals surface area (Å²) in [5.41, 5.74) is 5.95. The van der Waals surface area contributed by atoms with Crippen molar-refractivity contribution in [1.29, 1.82) is 0 Å². The number of nitrogens with two attached hydrogens (primary N) is 1. The molecule has 0 aliphatic carbocycles. The fourth-order valence-corrected chi connectivity index (χ4v) is 1.43. The number of phenols is 3. The van der Waals surface area contributed by atoms with Gasteiger partial charge >= 0.3 is 0 Å². The predicted molar refractivity (Wildman–Crippen MR) is 66.4 cm³/mol. The lowest BCUT2D eigenvalue weighted by Gasteiger charge is -2.10. The van der Waals surface area contributed by atoms with Crippen LogP contribution in [-0.4, -0.2) is 33.7 Å². The summed E-state index contributed by atoms with van der Waals surface area (Å²) >= 11 is 0. The summed E-state index contributed by atoms with van der Waals surface area (Å²) in [7, 11) is 0. The smallest absolute Gasteiger partial charge is 0.200 e. The van der Waals surface area contributed by atoms with Crippen molar-refractivity contribution in [2.24, 2.45) is 5.73 Å². The molecule has 6 nitrogen and oxygen atoms in total. The van der Waals surface area contributed by atoms with Crippen molar-refractivity contribution in [2.45, 2.75) is 25.9 Å². The highest BCUT2D eigenvalue weighted by Gasteiger charge is 2.13. The summed E-state index contributed by atoms with van der Waals surface area (Å²) in [5, 5.41) is 30.8. The van der Waals surface area contributed by atoms with Gasteiger partial charge in [0.2, 0.25) is 5.75 Å². The molecule has 1 unspecified atom stereocenters. The first kappa shape index (κ1) is 14.3. The molecule has 0 fully saturated rings. The molecule has 0 aromatic heterocycles. The maximum atomic E-state index is 11.4. The van der Waals surface area contributed by atoms with Gasteiger partial charge < -0.3 is 26.4 Å². The molecule has 6 heteroatoms. The normalized spacial score (nSPS) is 12.3. The second kappa shape index (κ2) is 6.23. The van der Waals surface area contributed by atoms with E-state index in [1.807, 2.05) is 6.92 Å². The molecular formula is C12H18N2O4. The molecule has 0 bridgehead atoms. The third kappa shape index (κ3) is 3.35. The first-order valence-corrected chi connectivity index (χ1v) is 5.69. The number of rotatable bonds is 6. The minimum Gasteiger partial charge on any atom is -0.504 e. The highest BCUT2D eigenvalue weighted by atomic mass is 16.3. The van der Waals surface area contributed by atoms with E-state index in [1.54, 1.807) is 0 Å². The van der Waals surface area contributed by atoms with E-state index in [4.69, 9.17) is 10.8 Å². The monoisotopic (exact) mass is 254 g/mol. The van der Waals surface area contributed by atoms with Crippen LogP contribution in [0.4, 0.5) is 0 Å². The van der Waals surface area contributed by atoms with Crippen molar-refractivity contribution in [1.82, 2.24) is 5.32 Å². The summed E-state index contributed by atoms with van der Waals surface area (Å²) in [5.74, 6) is -1.46. The van der Waals surface area contributed by atoms with E-state index in [0.717, 1.165) is 0 Å². The highest BCUT2D eigenvalue weighted by molar-refractivity contribution is 5.85. The number of carbonyl (C=O) groups excluding carboxylic acids is 1. The van der Waals surface area contributed by atoms with Crippen LogP contribution < -0.4 is 11.1 Å². The van der Waals surface area contributed by atoms with Crippen molar-refractivity contribution < 1.29 is 20.1 Å². The second-order valence-electron chi connectivity index (χ2n) is 4.03. The molecule has 0 aliphatic rings. The Morgan fingerprint density at radius 2 is 2.00 bits per heavy atom. The van der Waals surface area contributed by atoms with Crippen molar-refractivity contribution in [3.63, 3.8) is 0 Å². The molecule has 1 aromatic carbocycles. The first-order valence-electron chi connectivity index (χ1n) is 5.69. The van der Waals surface area contributed by atoms with Crippen LogP contribution >= 0.6 is 0 Å². The zero-order valence-corrected chi connectivity index (χ0v) is 10.2. The van der Waals surface area contributed by atoms with Crippen LogP contribution in [-0.2, 0) is 11.3 Å². The summed E-state index contributed by atoms with van der Waals surface area (Å²) < 4.78 is 0. The number of hydrogen-bond acceptors (Lipinski definition) is 6. The molecule has 1 aromatic rings. The van der Waals surface area contributed by atoms with Gasteiger partial charge in [0.05, 0.1) is 12.6 Å². The highest BCUT2D eigenvalue weighted by Crippen LogP contribution is 2.36. The minimum absolute atomic E-state index is 0.0933. The third-order valence-corrected chi connectivity index (χ3v) is 2.68. The largest absolute Gasteiger partial charge is 0.504 e. The van der Waals surface area contributed by atoms with Crippen LogP contribution in [0.1, 0.15) is 18.9 Å². The SMILES string of the molecule is CCC(N)C(=O)CNCc1ccc(O)c(O)c1O. The van der Waals surface area contributed by atoms with Crippen LogP contribution in [0.3, 0.4) is 0 Å². The lowest BCUT2D eigenvalue weighted by atomic mass is 10.1. The van der Waals surface area contributed by atoms with Gasteiger partial charge in [-0.2, -0.15) is 0 Å². The second-order valence-corrected chi connectivity index (χ2v) is 4.03. The fourth-order valence-electron chi connectivity index (χ4n) is 1.43. The van der Waals surface area contributed by atoms with Crippen LogP contribution in [0.5, 0.6) is 17.2 Å². The lowest BCUT2D eigenvalue weighted by molar-refractivity contribution is -0.119. The molecule has 0 amide bonds. The van der Waals surface area contributed by atoms with Crippen molar-refractivity contribution in [3.8, 4) is 17.2 Å². The van der Waals surface area contributed by atoms with Gasteiger partial charge in [0.1, 0.15) is 0 Å². The molecular weight excluding hydrogens is 236 g/mol. The number of Topliss-reactive ketones (excluding diaryl/α,β-unsaturated/α-hetero) is 1. The number of nitrogens with one attached hydrogen (secondary N) is 1.